The van der Waals surface area contributed by atoms with Crippen molar-refractivity contribution < 1.29 is 4.79 Å². The first kappa shape index (κ1) is 17.0. The lowest BCUT2D eigenvalue weighted by atomic mass is 9.88. The van der Waals surface area contributed by atoms with Gasteiger partial charge in [0.25, 0.3) is 0 Å². The molecule has 0 bridgehead atoms. The van der Waals surface area contributed by atoms with Crippen LogP contribution in [-0.2, 0) is 11.2 Å². The third-order valence-electron chi connectivity index (χ3n) is 4.37. The van der Waals surface area contributed by atoms with Gasteiger partial charge in [0.1, 0.15) is 0 Å². The van der Waals surface area contributed by atoms with Gasteiger partial charge < -0.3 is 5.32 Å². The number of amides is 1. The van der Waals surface area contributed by atoms with Crippen molar-refractivity contribution in [1.82, 2.24) is 5.32 Å². The second-order valence-electron chi connectivity index (χ2n) is 6.16. The molecule has 3 aromatic carbocycles. The molecule has 3 aromatic rings. The zero-order valence-corrected chi connectivity index (χ0v) is 14.3. The highest BCUT2D eigenvalue weighted by molar-refractivity contribution is 5.77. The zero-order chi connectivity index (χ0) is 17.3. The molecule has 0 atom stereocenters. The minimum atomic E-state index is 0.0825. The van der Waals surface area contributed by atoms with E-state index in [2.05, 4.69) is 41.7 Å². The third kappa shape index (κ3) is 5.05. The number of carbonyl (C=O) groups excluding carboxylic acids is 1. The molecule has 0 saturated heterocycles. The predicted molar refractivity (Wildman–Crippen MR) is 102 cm³/mol. The van der Waals surface area contributed by atoms with E-state index >= 15 is 0 Å². The second kappa shape index (κ2) is 8.84. The van der Waals surface area contributed by atoms with E-state index in [1.165, 1.54) is 16.7 Å². The van der Waals surface area contributed by atoms with Crippen LogP contribution in [0, 0.1) is 0 Å². The Morgan fingerprint density at radius 3 is 1.72 bits per heavy atom. The normalized spacial score (nSPS) is 10.6. The third-order valence-corrected chi connectivity index (χ3v) is 4.37. The molecule has 3 rings (SSSR count). The van der Waals surface area contributed by atoms with Crippen LogP contribution in [0.1, 0.15) is 29.0 Å². The van der Waals surface area contributed by atoms with Gasteiger partial charge in [-0.05, 0) is 23.1 Å². The Hall–Kier alpha value is -2.87. The van der Waals surface area contributed by atoms with Gasteiger partial charge in [0.05, 0.1) is 0 Å². The summed E-state index contributed by atoms with van der Waals surface area (Å²) in [6, 6.07) is 30.7. The Morgan fingerprint density at radius 1 is 0.720 bits per heavy atom. The van der Waals surface area contributed by atoms with Crippen molar-refractivity contribution in [2.24, 2.45) is 0 Å². The van der Waals surface area contributed by atoms with Crippen molar-refractivity contribution in [1.29, 1.82) is 0 Å². The van der Waals surface area contributed by atoms with Gasteiger partial charge in [0.15, 0.2) is 0 Å². The van der Waals surface area contributed by atoms with Crippen molar-refractivity contribution in [3.63, 3.8) is 0 Å². The van der Waals surface area contributed by atoms with E-state index in [-0.39, 0.29) is 11.8 Å². The maximum atomic E-state index is 12.5. The molecule has 0 aliphatic heterocycles. The van der Waals surface area contributed by atoms with Crippen molar-refractivity contribution in [2.75, 3.05) is 6.54 Å². The van der Waals surface area contributed by atoms with Crippen LogP contribution in [0.15, 0.2) is 91.0 Å². The maximum absolute atomic E-state index is 12.5. The molecule has 1 N–H and O–H groups in total. The predicted octanol–water partition coefficient (Wildman–Crippen LogP) is 4.57. The van der Waals surface area contributed by atoms with Crippen molar-refractivity contribution in [3.8, 4) is 0 Å². The van der Waals surface area contributed by atoms with Gasteiger partial charge in [0.2, 0.25) is 5.91 Å². The Bertz CT molecular complexity index is 729. The summed E-state index contributed by atoms with van der Waals surface area (Å²) < 4.78 is 0. The lowest BCUT2D eigenvalue weighted by Gasteiger charge is -2.18. The van der Waals surface area contributed by atoms with Gasteiger partial charge >= 0.3 is 0 Å². The van der Waals surface area contributed by atoms with E-state index in [9.17, 15) is 4.79 Å². The molecular formula is C23H23NO. The average molecular weight is 329 g/mol. The summed E-state index contributed by atoms with van der Waals surface area (Å²) in [6.45, 7) is 0.666. The fourth-order valence-electron chi connectivity index (χ4n) is 3.05. The molecule has 0 aromatic heterocycles. The van der Waals surface area contributed by atoms with Gasteiger partial charge in [-0.15, -0.1) is 0 Å². The quantitative estimate of drug-likeness (QED) is 0.676. The average Bonchev–Trinajstić information content (AvgIpc) is 2.68. The SMILES string of the molecule is O=C(CC(c1ccccc1)c1ccccc1)NCCc1ccccc1. The largest absolute Gasteiger partial charge is 0.356 e. The molecular weight excluding hydrogens is 306 g/mol. The van der Waals surface area contributed by atoms with Gasteiger partial charge in [-0.2, -0.15) is 0 Å². The lowest BCUT2D eigenvalue weighted by Crippen LogP contribution is -2.27. The molecule has 0 saturated carbocycles. The first-order chi connectivity index (χ1) is 12.3. The highest BCUT2D eigenvalue weighted by Gasteiger charge is 2.17. The highest BCUT2D eigenvalue weighted by atomic mass is 16.1. The number of nitrogens with one attached hydrogen (secondary N) is 1. The summed E-state index contributed by atoms with van der Waals surface area (Å²) in [5.41, 5.74) is 3.59. The van der Waals surface area contributed by atoms with E-state index in [1.54, 1.807) is 0 Å². The standard InChI is InChI=1S/C23H23NO/c25-23(24-17-16-19-10-4-1-5-11-19)18-22(20-12-6-2-7-13-20)21-14-8-3-9-15-21/h1-15,22H,16-18H2,(H,24,25). The summed E-state index contributed by atoms with van der Waals surface area (Å²) in [7, 11) is 0. The summed E-state index contributed by atoms with van der Waals surface area (Å²) in [5, 5.41) is 3.06. The molecule has 1 amide bonds. The van der Waals surface area contributed by atoms with Crippen LogP contribution in [0.25, 0.3) is 0 Å². The first-order valence-corrected chi connectivity index (χ1v) is 8.73. The molecule has 0 radical (unpaired) electrons. The fraction of sp³-hybridized carbons (Fsp3) is 0.174. The fourth-order valence-corrected chi connectivity index (χ4v) is 3.05. The Kier molecular flexibility index (Phi) is 6.00. The van der Waals surface area contributed by atoms with E-state index in [4.69, 9.17) is 0 Å². The molecule has 0 fully saturated rings. The zero-order valence-electron chi connectivity index (χ0n) is 14.3. The van der Waals surface area contributed by atoms with Gasteiger partial charge in [-0.25, -0.2) is 0 Å². The van der Waals surface area contributed by atoms with Gasteiger partial charge in [0, 0.05) is 18.9 Å². The highest BCUT2D eigenvalue weighted by Crippen LogP contribution is 2.27. The van der Waals surface area contributed by atoms with Crippen LogP contribution in [0.2, 0.25) is 0 Å². The summed E-state index contributed by atoms with van der Waals surface area (Å²) in [4.78, 5) is 12.5. The van der Waals surface area contributed by atoms with E-state index in [0.29, 0.717) is 13.0 Å². The molecule has 0 heterocycles. The second-order valence-corrected chi connectivity index (χ2v) is 6.16. The van der Waals surface area contributed by atoms with Gasteiger partial charge in [-0.3, -0.25) is 4.79 Å². The van der Waals surface area contributed by atoms with Crippen LogP contribution in [-0.4, -0.2) is 12.5 Å². The molecule has 0 spiro atoms. The van der Waals surface area contributed by atoms with Crippen molar-refractivity contribution >= 4 is 5.91 Å². The van der Waals surface area contributed by atoms with Crippen molar-refractivity contribution in [3.05, 3.63) is 108 Å². The number of hydrogen-bond donors (Lipinski definition) is 1. The summed E-state index contributed by atoms with van der Waals surface area (Å²) in [6.07, 6.45) is 1.32. The number of rotatable bonds is 7. The van der Waals surface area contributed by atoms with Crippen LogP contribution in [0.5, 0.6) is 0 Å². The van der Waals surface area contributed by atoms with Crippen LogP contribution in [0.4, 0.5) is 0 Å². The van der Waals surface area contributed by atoms with Crippen molar-refractivity contribution in [2.45, 2.75) is 18.8 Å². The van der Waals surface area contributed by atoms with Crippen LogP contribution < -0.4 is 5.32 Å². The van der Waals surface area contributed by atoms with E-state index in [0.717, 1.165) is 6.42 Å². The van der Waals surface area contributed by atoms with E-state index in [1.807, 2.05) is 54.6 Å². The van der Waals surface area contributed by atoms with Crippen LogP contribution in [0.3, 0.4) is 0 Å². The maximum Gasteiger partial charge on any atom is 0.220 e. The minimum Gasteiger partial charge on any atom is -0.356 e. The Labute approximate surface area is 149 Å². The smallest absolute Gasteiger partial charge is 0.220 e. The number of benzene rings is 3. The molecule has 25 heavy (non-hydrogen) atoms. The molecule has 2 nitrogen and oxygen atoms in total. The molecule has 0 aliphatic carbocycles. The number of carbonyl (C=O) groups is 1. The topological polar surface area (TPSA) is 29.1 Å². The van der Waals surface area contributed by atoms with Crippen LogP contribution >= 0.6 is 0 Å². The molecule has 0 aliphatic rings. The summed E-state index contributed by atoms with van der Waals surface area (Å²) >= 11 is 0. The Morgan fingerprint density at radius 2 is 1.20 bits per heavy atom. The lowest BCUT2D eigenvalue weighted by molar-refractivity contribution is -0.121. The monoisotopic (exact) mass is 329 g/mol. The Balaban J connectivity index is 1.63. The van der Waals surface area contributed by atoms with Gasteiger partial charge in [-0.1, -0.05) is 91.0 Å². The first-order valence-electron chi connectivity index (χ1n) is 8.73. The molecule has 126 valence electrons. The molecule has 2 heteroatoms. The number of hydrogen-bond acceptors (Lipinski definition) is 1. The van der Waals surface area contributed by atoms with E-state index < -0.39 is 0 Å². The minimum absolute atomic E-state index is 0.0825. The summed E-state index contributed by atoms with van der Waals surface area (Å²) in [5.74, 6) is 0.174. The molecule has 0 unspecified atom stereocenters.